The Hall–Kier alpha value is -4.66. The predicted octanol–water partition coefficient (Wildman–Crippen LogP) is 5.39. The lowest BCUT2D eigenvalue weighted by Gasteiger charge is -2.06. The van der Waals surface area contributed by atoms with Gasteiger partial charge in [-0.1, -0.05) is 31.6 Å². The van der Waals surface area contributed by atoms with E-state index in [2.05, 4.69) is 54.5 Å². The molecule has 1 amide bonds. The van der Waals surface area contributed by atoms with Crippen LogP contribution in [0.1, 0.15) is 38.7 Å². The summed E-state index contributed by atoms with van der Waals surface area (Å²) in [5.41, 5.74) is 6.73. The van der Waals surface area contributed by atoms with Crippen LogP contribution in [0.2, 0.25) is 0 Å². The lowest BCUT2D eigenvalue weighted by Crippen LogP contribution is -2.23. The van der Waals surface area contributed by atoms with Gasteiger partial charge in [0.1, 0.15) is 11.2 Å². The number of carbonyl (C=O) groups excluding carboxylic acids is 1. The molecule has 9 nitrogen and oxygen atoms in total. The predicted molar refractivity (Wildman–Crippen MR) is 151 cm³/mol. The average Bonchev–Trinajstić information content (AvgIpc) is 3.57. The van der Waals surface area contributed by atoms with Crippen molar-refractivity contribution in [3.8, 4) is 22.8 Å². The topological polar surface area (TPSA) is 125 Å². The molecule has 0 aliphatic carbocycles. The number of aliphatic imine (C=N–C) groups is 1. The molecular formula is C29H30N8O. The van der Waals surface area contributed by atoms with Crippen molar-refractivity contribution < 1.29 is 4.79 Å². The van der Waals surface area contributed by atoms with Crippen molar-refractivity contribution >= 4 is 34.1 Å². The van der Waals surface area contributed by atoms with Crippen LogP contribution in [0, 0.1) is 0 Å². The minimum atomic E-state index is 0.0117. The minimum Gasteiger partial charge on any atom is -0.335 e. The Kier molecular flexibility index (Phi) is 7.63. The Labute approximate surface area is 220 Å². The fourth-order valence-corrected chi connectivity index (χ4v) is 4.24. The molecule has 192 valence electrons. The van der Waals surface area contributed by atoms with Crippen molar-refractivity contribution in [2.75, 3.05) is 6.54 Å². The maximum Gasteiger partial charge on any atom is 0.224 e. The smallest absolute Gasteiger partial charge is 0.224 e. The van der Waals surface area contributed by atoms with Gasteiger partial charge in [-0.25, -0.2) is 4.98 Å². The molecule has 0 atom stereocenters. The second kappa shape index (κ2) is 11.6. The molecule has 0 aliphatic rings. The monoisotopic (exact) mass is 506 g/mol. The van der Waals surface area contributed by atoms with E-state index in [1.807, 2.05) is 37.3 Å². The summed E-state index contributed by atoms with van der Waals surface area (Å²) in [5.74, 6) is 0.667. The number of aromatic nitrogens is 6. The van der Waals surface area contributed by atoms with Gasteiger partial charge in [0.05, 0.1) is 28.6 Å². The summed E-state index contributed by atoms with van der Waals surface area (Å²) >= 11 is 0. The number of nitrogens with zero attached hydrogens (tertiary/aromatic N) is 5. The van der Waals surface area contributed by atoms with Crippen LogP contribution in [-0.4, -0.2) is 48.8 Å². The van der Waals surface area contributed by atoms with E-state index in [4.69, 9.17) is 4.98 Å². The van der Waals surface area contributed by atoms with Crippen molar-refractivity contribution in [3.05, 3.63) is 72.3 Å². The van der Waals surface area contributed by atoms with Gasteiger partial charge in [0.25, 0.3) is 0 Å². The average molecular weight is 507 g/mol. The molecule has 0 unspecified atom stereocenters. The molecule has 4 heterocycles. The van der Waals surface area contributed by atoms with Crippen LogP contribution in [0.4, 0.5) is 0 Å². The maximum atomic E-state index is 12.3. The highest BCUT2D eigenvalue weighted by atomic mass is 16.1. The normalized spacial score (nSPS) is 12.1. The number of rotatable bonds is 10. The van der Waals surface area contributed by atoms with E-state index in [1.165, 1.54) is 0 Å². The van der Waals surface area contributed by atoms with E-state index in [1.54, 1.807) is 24.8 Å². The highest BCUT2D eigenvalue weighted by molar-refractivity contribution is 5.96. The van der Waals surface area contributed by atoms with Gasteiger partial charge in [0.2, 0.25) is 5.91 Å². The first kappa shape index (κ1) is 25.0. The van der Waals surface area contributed by atoms with Crippen molar-refractivity contribution in [3.63, 3.8) is 0 Å². The van der Waals surface area contributed by atoms with Crippen LogP contribution in [0.15, 0.2) is 71.8 Å². The first-order chi connectivity index (χ1) is 18.7. The molecule has 0 fully saturated rings. The number of nitrogens with one attached hydrogen (secondary N) is 3. The highest BCUT2D eigenvalue weighted by Crippen LogP contribution is 2.30. The van der Waals surface area contributed by atoms with Crippen molar-refractivity contribution in [2.24, 2.45) is 4.99 Å². The molecule has 9 heteroatoms. The Morgan fingerprint density at radius 1 is 1.13 bits per heavy atom. The van der Waals surface area contributed by atoms with Gasteiger partial charge < -0.3 is 10.3 Å². The molecule has 5 aromatic rings. The fraction of sp³-hybridized carbons (Fsp3) is 0.241. The summed E-state index contributed by atoms with van der Waals surface area (Å²) in [7, 11) is 0. The zero-order valence-electron chi connectivity index (χ0n) is 21.5. The third-order valence-corrected chi connectivity index (χ3v) is 6.20. The number of imidazole rings is 1. The fourth-order valence-electron chi connectivity index (χ4n) is 4.24. The van der Waals surface area contributed by atoms with E-state index >= 15 is 0 Å². The van der Waals surface area contributed by atoms with Crippen LogP contribution in [0.3, 0.4) is 0 Å². The number of aromatic amines is 2. The molecule has 3 N–H and O–H groups in total. The summed E-state index contributed by atoms with van der Waals surface area (Å²) in [6.07, 6.45) is 12.0. The van der Waals surface area contributed by atoms with Gasteiger partial charge >= 0.3 is 0 Å². The lowest BCUT2D eigenvalue weighted by molar-refractivity contribution is -0.120. The van der Waals surface area contributed by atoms with Gasteiger partial charge in [-0.2, -0.15) is 5.10 Å². The SMILES string of the molecule is CCCCC(=O)NC(/C=N\CC)=C/Cc1ccc2[nH]nc(-c3nc4c(-c5ccccn5)cncc4[nH]3)c2c1. The second-order valence-corrected chi connectivity index (χ2v) is 8.98. The van der Waals surface area contributed by atoms with E-state index in [0.29, 0.717) is 30.9 Å². The van der Waals surface area contributed by atoms with Gasteiger partial charge in [-0.15, -0.1) is 0 Å². The molecule has 0 saturated heterocycles. The zero-order chi connectivity index (χ0) is 26.3. The van der Waals surface area contributed by atoms with Crippen LogP contribution >= 0.6 is 0 Å². The quantitative estimate of drug-likeness (QED) is 0.219. The lowest BCUT2D eigenvalue weighted by atomic mass is 10.1. The summed E-state index contributed by atoms with van der Waals surface area (Å²) in [5, 5.41) is 11.6. The van der Waals surface area contributed by atoms with E-state index in [-0.39, 0.29) is 5.91 Å². The standard InChI is InChI=1S/C29H30N8O/c1-3-5-9-26(38)33-20(16-30-4-2)12-10-19-11-13-24-21(15-19)28(37-36-24)29-34-25-18-31-17-22(27(25)35-29)23-8-6-7-14-32-23/h6-8,11-18H,3-5,9-10H2,1-2H3,(H,33,38)(H,34,35)(H,36,37)/b20-12+,30-16-. The maximum absolute atomic E-state index is 12.3. The Balaban J connectivity index is 1.45. The Bertz CT molecular complexity index is 1610. The first-order valence-corrected chi connectivity index (χ1v) is 12.9. The number of fused-ring (bicyclic) bond motifs is 2. The van der Waals surface area contributed by atoms with E-state index in [9.17, 15) is 4.79 Å². The number of pyridine rings is 2. The molecule has 1 aromatic carbocycles. The van der Waals surface area contributed by atoms with E-state index in [0.717, 1.165) is 57.3 Å². The van der Waals surface area contributed by atoms with Crippen LogP contribution in [-0.2, 0) is 11.2 Å². The molecule has 0 bridgehead atoms. The van der Waals surface area contributed by atoms with Gasteiger partial charge in [0.15, 0.2) is 5.82 Å². The molecule has 0 radical (unpaired) electrons. The Morgan fingerprint density at radius 3 is 2.87 bits per heavy atom. The van der Waals surface area contributed by atoms with Crippen molar-refractivity contribution in [1.29, 1.82) is 0 Å². The molecule has 0 saturated carbocycles. The number of allylic oxidation sites excluding steroid dienone is 2. The summed E-state index contributed by atoms with van der Waals surface area (Å²) in [4.78, 5) is 33.7. The number of H-pyrrole nitrogens is 2. The Morgan fingerprint density at radius 2 is 2.05 bits per heavy atom. The van der Waals surface area contributed by atoms with E-state index < -0.39 is 0 Å². The number of carbonyl (C=O) groups is 1. The van der Waals surface area contributed by atoms with Crippen LogP contribution < -0.4 is 5.32 Å². The molecular weight excluding hydrogens is 476 g/mol. The highest BCUT2D eigenvalue weighted by Gasteiger charge is 2.16. The molecule has 0 aliphatic heterocycles. The largest absolute Gasteiger partial charge is 0.335 e. The van der Waals surface area contributed by atoms with Crippen molar-refractivity contribution in [2.45, 2.75) is 39.5 Å². The summed E-state index contributed by atoms with van der Waals surface area (Å²) in [6.45, 7) is 4.70. The van der Waals surface area contributed by atoms with Crippen LogP contribution in [0.25, 0.3) is 44.7 Å². The van der Waals surface area contributed by atoms with Crippen LogP contribution in [0.5, 0.6) is 0 Å². The summed E-state index contributed by atoms with van der Waals surface area (Å²) < 4.78 is 0. The summed E-state index contributed by atoms with van der Waals surface area (Å²) in [6, 6.07) is 11.9. The molecule has 5 rings (SSSR count). The molecule has 4 aromatic heterocycles. The third kappa shape index (κ3) is 5.51. The number of hydrogen-bond acceptors (Lipinski definition) is 6. The zero-order valence-corrected chi connectivity index (χ0v) is 21.5. The minimum absolute atomic E-state index is 0.0117. The first-order valence-electron chi connectivity index (χ1n) is 12.9. The third-order valence-electron chi connectivity index (χ3n) is 6.20. The van der Waals surface area contributed by atoms with Gasteiger partial charge in [0, 0.05) is 42.5 Å². The number of unbranched alkanes of at least 4 members (excludes halogenated alkanes) is 1. The molecule has 38 heavy (non-hydrogen) atoms. The van der Waals surface area contributed by atoms with Gasteiger partial charge in [-0.05, 0) is 49.6 Å². The molecule has 0 spiro atoms. The second-order valence-electron chi connectivity index (χ2n) is 8.98. The van der Waals surface area contributed by atoms with Crippen molar-refractivity contribution in [1.82, 2.24) is 35.5 Å². The van der Waals surface area contributed by atoms with Gasteiger partial charge in [-0.3, -0.25) is 24.9 Å². The number of hydrogen-bond donors (Lipinski definition) is 3. The number of amides is 1. The number of benzene rings is 1.